The van der Waals surface area contributed by atoms with Crippen molar-refractivity contribution in [1.29, 1.82) is 0 Å². The van der Waals surface area contributed by atoms with E-state index < -0.39 is 0 Å². The molecule has 1 nitrogen and oxygen atoms in total. The van der Waals surface area contributed by atoms with Gasteiger partial charge in [0.2, 0.25) is 0 Å². The highest BCUT2D eigenvalue weighted by molar-refractivity contribution is 5.04. The van der Waals surface area contributed by atoms with E-state index in [4.69, 9.17) is 5.73 Å². The fourth-order valence-electron chi connectivity index (χ4n) is 3.57. The predicted molar refractivity (Wildman–Crippen MR) is 51.7 cm³/mol. The highest BCUT2D eigenvalue weighted by Crippen LogP contribution is 2.62. The number of hydrogen-bond donors (Lipinski definition) is 1. The van der Waals surface area contributed by atoms with Gasteiger partial charge in [0, 0.05) is 0 Å². The third-order valence-corrected chi connectivity index (χ3v) is 4.81. The Morgan fingerprint density at radius 1 is 1.33 bits per heavy atom. The van der Waals surface area contributed by atoms with Crippen molar-refractivity contribution in [2.75, 3.05) is 6.54 Å². The molecule has 0 saturated heterocycles. The van der Waals surface area contributed by atoms with Crippen molar-refractivity contribution in [2.45, 2.75) is 33.6 Å². The quantitative estimate of drug-likeness (QED) is 0.637. The molecule has 1 heteroatoms. The molecule has 2 N–H and O–H groups in total. The predicted octanol–water partition coefficient (Wildman–Crippen LogP) is 2.26. The molecule has 3 saturated carbocycles. The largest absolute Gasteiger partial charge is 0.330 e. The Morgan fingerprint density at radius 3 is 2.42 bits per heavy atom. The second-order valence-electron chi connectivity index (χ2n) is 5.45. The average Bonchev–Trinajstić information content (AvgIpc) is 2.03. The summed E-state index contributed by atoms with van der Waals surface area (Å²) in [4.78, 5) is 0. The maximum absolute atomic E-state index is 5.77. The SMILES string of the molecule is CC1C(CN)CC2C[C@H]1C2(C)C. The first kappa shape index (κ1) is 8.55. The molecule has 2 bridgehead atoms. The lowest BCUT2D eigenvalue weighted by Gasteiger charge is -2.62. The molecule has 0 amide bonds. The van der Waals surface area contributed by atoms with Gasteiger partial charge in [0.1, 0.15) is 0 Å². The van der Waals surface area contributed by atoms with Crippen LogP contribution in [0.5, 0.6) is 0 Å². The van der Waals surface area contributed by atoms with Gasteiger partial charge in [0.15, 0.2) is 0 Å². The lowest BCUT2D eigenvalue weighted by atomic mass is 9.43. The first-order valence-corrected chi connectivity index (χ1v) is 5.27. The summed E-state index contributed by atoms with van der Waals surface area (Å²) in [5.41, 5.74) is 6.40. The van der Waals surface area contributed by atoms with Crippen molar-refractivity contribution >= 4 is 0 Å². The summed E-state index contributed by atoms with van der Waals surface area (Å²) >= 11 is 0. The van der Waals surface area contributed by atoms with E-state index in [1.807, 2.05) is 0 Å². The van der Waals surface area contributed by atoms with Gasteiger partial charge in [-0.25, -0.2) is 0 Å². The second-order valence-corrected chi connectivity index (χ2v) is 5.45. The smallest absolute Gasteiger partial charge is 0.00461 e. The van der Waals surface area contributed by atoms with Crippen molar-refractivity contribution in [3.05, 3.63) is 0 Å². The average molecular weight is 167 g/mol. The molecule has 0 heterocycles. The molecule has 4 atom stereocenters. The van der Waals surface area contributed by atoms with Gasteiger partial charge in [0.25, 0.3) is 0 Å². The van der Waals surface area contributed by atoms with Crippen molar-refractivity contribution in [1.82, 2.24) is 0 Å². The van der Waals surface area contributed by atoms with E-state index >= 15 is 0 Å². The normalized spacial score (nSPS) is 50.0. The zero-order valence-electron chi connectivity index (χ0n) is 8.51. The number of fused-ring (bicyclic) bond motifs is 2. The zero-order chi connectivity index (χ0) is 8.93. The molecule has 3 aliphatic rings. The van der Waals surface area contributed by atoms with Gasteiger partial charge in [-0.2, -0.15) is 0 Å². The van der Waals surface area contributed by atoms with Crippen molar-refractivity contribution in [3.8, 4) is 0 Å². The topological polar surface area (TPSA) is 26.0 Å². The van der Waals surface area contributed by atoms with Gasteiger partial charge < -0.3 is 5.73 Å². The lowest BCUT2D eigenvalue weighted by molar-refractivity contribution is -0.126. The van der Waals surface area contributed by atoms with E-state index in [1.54, 1.807) is 0 Å². The Bertz CT molecular complexity index is 185. The van der Waals surface area contributed by atoms with Gasteiger partial charge in [-0.15, -0.1) is 0 Å². The highest BCUT2D eigenvalue weighted by Gasteiger charge is 2.55. The molecule has 3 unspecified atom stereocenters. The molecule has 0 radical (unpaired) electrons. The summed E-state index contributed by atoms with van der Waals surface area (Å²) in [6, 6.07) is 0. The van der Waals surface area contributed by atoms with E-state index in [9.17, 15) is 0 Å². The summed E-state index contributed by atoms with van der Waals surface area (Å²) in [5, 5.41) is 0. The third kappa shape index (κ3) is 0.891. The minimum atomic E-state index is 0.630. The van der Waals surface area contributed by atoms with Crippen LogP contribution >= 0.6 is 0 Å². The van der Waals surface area contributed by atoms with E-state index in [0.717, 1.165) is 30.2 Å². The molecular weight excluding hydrogens is 146 g/mol. The maximum atomic E-state index is 5.77. The summed E-state index contributed by atoms with van der Waals surface area (Å²) in [6.45, 7) is 8.19. The molecule has 3 fully saturated rings. The monoisotopic (exact) mass is 167 g/mol. The van der Waals surface area contributed by atoms with Gasteiger partial charge in [-0.05, 0) is 48.5 Å². The number of rotatable bonds is 1. The third-order valence-electron chi connectivity index (χ3n) is 4.81. The molecule has 3 aliphatic carbocycles. The van der Waals surface area contributed by atoms with E-state index in [2.05, 4.69) is 20.8 Å². The molecule has 0 spiro atoms. The summed E-state index contributed by atoms with van der Waals surface area (Å²) < 4.78 is 0. The van der Waals surface area contributed by atoms with E-state index in [1.165, 1.54) is 12.8 Å². The molecule has 70 valence electrons. The van der Waals surface area contributed by atoms with Crippen molar-refractivity contribution < 1.29 is 0 Å². The van der Waals surface area contributed by atoms with Crippen LogP contribution in [-0.2, 0) is 0 Å². The number of nitrogens with two attached hydrogens (primary N) is 1. The molecule has 0 aromatic heterocycles. The van der Waals surface area contributed by atoms with Crippen LogP contribution < -0.4 is 5.73 Å². The van der Waals surface area contributed by atoms with Crippen LogP contribution in [0.1, 0.15) is 33.6 Å². The Labute approximate surface area is 75.7 Å². The zero-order valence-corrected chi connectivity index (χ0v) is 8.51. The Kier molecular flexibility index (Phi) is 1.76. The molecule has 12 heavy (non-hydrogen) atoms. The summed E-state index contributed by atoms with van der Waals surface area (Å²) in [7, 11) is 0. The van der Waals surface area contributed by atoms with Gasteiger partial charge in [-0.3, -0.25) is 0 Å². The van der Waals surface area contributed by atoms with Gasteiger partial charge in [-0.1, -0.05) is 20.8 Å². The molecule has 3 rings (SSSR count). The summed E-state index contributed by atoms with van der Waals surface area (Å²) in [5.74, 6) is 3.63. The standard InChI is InChI=1S/C11H21N/c1-7-8(6-12)4-9-5-10(7)11(9,2)3/h7-10H,4-6,12H2,1-3H3/t7?,8?,9?,10-/m1/s1. The van der Waals surface area contributed by atoms with E-state index in [-0.39, 0.29) is 0 Å². The fraction of sp³-hybridized carbons (Fsp3) is 1.00. The van der Waals surface area contributed by atoms with Crippen LogP contribution in [-0.4, -0.2) is 6.54 Å². The lowest BCUT2D eigenvalue weighted by Crippen LogP contribution is -2.56. The molecule has 0 aromatic carbocycles. The Morgan fingerprint density at radius 2 is 2.00 bits per heavy atom. The van der Waals surface area contributed by atoms with Crippen molar-refractivity contribution in [3.63, 3.8) is 0 Å². The van der Waals surface area contributed by atoms with Gasteiger partial charge in [0.05, 0.1) is 0 Å². The first-order chi connectivity index (χ1) is 5.57. The van der Waals surface area contributed by atoms with E-state index in [0.29, 0.717) is 5.41 Å². The second kappa shape index (κ2) is 2.47. The fourth-order valence-corrected chi connectivity index (χ4v) is 3.57. The molecule has 0 aliphatic heterocycles. The highest BCUT2D eigenvalue weighted by atomic mass is 14.7. The summed E-state index contributed by atoms with van der Waals surface area (Å²) in [6.07, 6.45) is 2.87. The molecular formula is C11H21N. The number of hydrogen-bond acceptors (Lipinski definition) is 1. The Hall–Kier alpha value is -0.0400. The van der Waals surface area contributed by atoms with Crippen LogP contribution in [0.25, 0.3) is 0 Å². The van der Waals surface area contributed by atoms with Crippen LogP contribution in [0.15, 0.2) is 0 Å². The first-order valence-electron chi connectivity index (χ1n) is 5.27. The van der Waals surface area contributed by atoms with Crippen LogP contribution in [0, 0.1) is 29.1 Å². The Balaban J connectivity index is 2.11. The van der Waals surface area contributed by atoms with Gasteiger partial charge >= 0.3 is 0 Å². The van der Waals surface area contributed by atoms with Crippen LogP contribution in [0.4, 0.5) is 0 Å². The molecule has 0 aromatic rings. The maximum Gasteiger partial charge on any atom is -0.00461 e. The minimum absolute atomic E-state index is 0.630. The van der Waals surface area contributed by atoms with Crippen LogP contribution in [0.3, 0.4) is 0 Å². The van der Waals surface area contributed by atoms with Crippen molar-refractivity contribution in [2.24, 2.45) is 34.8 Å². The van der Waals surface area contributed by atoms with Crippen LogP contribution in [0.2, 0.25) is 0 Å². The minimum Gasteiger partial charge on any atom is -0.330 e.